The van der Waals surface area contributed by atoms with E-state index in [0.29, 0.717) is 11.0 Å². The molecule has 0 saturated carbocycles. The molecule has 10 heteroatoms. The van der Waals surface area contributed by atoms with E-state index in [9.17, 15) is 26.7 Å². The number of anilines is 2. The van der Waals surface area contributed by atoms with Gasteiger partial charge < -0.3 is 15.6 Å². The second-order valence-electron chi connectivity index (χ2n) is 4.63. The molecule has 3 N–H and O–H groups in total. The summed E-state index contributed by atoms with van der Waals surface area (Å²) in [6.07, 6.45) is 1.36. The molecule has 0 radical (unpaired) electrons. The SMILES string of the molecule is O=C(Nc1c(F)c(F)c(F)c(F)c1F)Nc1cccc2[nH]cnc12. The number of amides is 2. The number of carbonyl (C=O) groups is 1. The van der Waals surface area contributed by atoms with Crippen molar-refractivity contribution in [3.63, 3.8) is 0 Å². The van der Waals surface area contributed by atoms with Gasteiger partial charge in [0, 0.05) is 0 Å². The molecule has 0 unspecified atom stereocenters. The number of imidazole rings is 1. The van der Waals surface area contributed by atoms with Gasteiger partial charge in [0.2, 0.25) is 5.82 Å². The molecule has 0 saturated heterocycles. The summed E-state index contributed by atoms with van der Waals surface area (Å²) >= 11 is 0. The lowest BCUT2D eigenvalue weighted by Gasteiger charge is -2.11. The molecule has 2 aromatic carbocycles. The number of benzene rings is 2. The number of H-pyrrole nitrogens is 1. The Kier molecular flexibility index (Phi) is 3.80. The Balaban J connectivity index is 1.90. The summed E-state index contributed by atoms with van der Waals surface area (Å²) in [6.45, 7) is 0. The van der Waals surface area contributed by atoms with Crippen LogP contribution in [0.4, 0.5) is 38.1 Å². The number of hydrogen-bond acceptors (Lipinski definition) is 2. The van der Waals surface area contributed by atoms with Gasteiger partial charge in [-0.2, -0.15) is 0 Å². The number of fused-ring (bicyclic) bond motifs is 1. The van der Waals surface area contributed by atoms with E-state index >= 15 is 0 Å². The highest BCUT2D eigenvalue weighted by molar-refractivity contribution is 6.04. The van der Waals surface area contributed by atoms with E-state index in [1.807, 2.05) is 0 Å². The van der Waals surface area contributed by atoms with Crippen molar-refractivity contribution in [2.45, 2.75) is 0 Å². The molecule has 0 fully saturated rings. The minimum atomic E-state index is -2.31. The monoisotopic (exact) mass is 342 g/mol. The molecule has 3 aromatic rings. The predicted octanol–water partition coefficient (Wildman–Crippen LogP) is 3.90. The summed E-state index contributed by atoms with van der Waals surface area (Å²) in [5, 5.41) is 3.83. The molecule has 0 spiro atoms. The number of carbonyl (C=O) groups excluding carboxylic acids is 1. The first-order valence-corrected chi connectivity index (χ1v) is 6.41. The lowest BCUT2D eigenvalue weighted by atomic mass is 10.2. The lowest BCUT2D eigenvalue weighted by Crippen LogP contribution is -2.22. The van der Waals surface area contributed by atoms with Crippen molar-refractivity contribution in [3.8, 4) is 0 Å². The Morgan fingerprint density at radius 3 is 2.21 bits per heavy atom. The van der Waals surface area contributed by atoms with Crippen molar-refractivity contribution >= 4 is 28.4 Å². The normalized spacial score (nSPS) is 10.9. The van der Waals surface area contributed by atoms with Gasteiger partial charge in [0.25, 0.3) is 0 Å². The zero-order valence-corrected chi connectivity index (χ0v) is 11.6. The molecular formula is C14H7F5N4O. The first kappa shape index (κ1) is 15.7. The zero-order valence-electron chi connectivity index (χ0n) is 11.6. The summed E-state index contributed by atoms with van der Waals surface area (Å²) in [5.41, 5.74) is -0.345. The number of nitrogens with one attached hydrogen (secondary N) is 3. The van der Waals surface area contributed by atoms with Gasteiger partial charge in [-0.1, -0.05) is 6.07 Å². The van der Waals surface area contributed by atoms with E-state index in [1.165, 1.54) is 12.4 Å². The highest BCUT2D eigenvalue weighted by Gasteiger charge is 2.26. The van der Waals surface area contributed by atoms with E-state index < -0.39 is 40.8 Å². The summed E-state index contributed by atoms with van der Waals surface area (Å²) in [6, 6.07) is 3.47. The summed E-state index contributed by atoms with van der Waals surface area (Å²) in [5.74, 6) is -10.9. The van der Waals surface area contributed by atoms with Crippen LogP contribution in [0.2, 0.25) is 0 Å². The molecule has 3 rings (SSSR count). The topological polar surface area (TPSA) is 69.8 Å². The first-order chi connectivity index (χ1) is 11.4. The van der Waals surface area contributed by atoms with Crippen LogP contribution in [0.15, 0.2) is 24.5 Å². The number of para-hydroxylation sites is 1. The highest BCUT2D eigenvalue weighted by atomic mass is 19.2. The van der Waals surface area contributed by atoms with Crippen LogP contribution in [-0.4, -0.2) is 16.0 Å². The first-order valence-electron chi connectivity index (χ1n) is 6.41. The highest BCUT2D eigenvalue weighted by Crippen LogP contribution is 2.27. The summed E-state index contributed by atoms with van der Waals surface area (Å²) < 4.78 is 66.2. The summed E-state index contributed by atoms with van der Waals surface area (Å²) in [4.78, 5) is 18.5. The number of aromatic nitrogens is 2. The molecule has 0 bridgehead atoms. The third-order valence-electron chi connectivity index (χ3n) is 3.15. The molecule has 0 aliphatic heterocycles. The fraction of sp³-hybridized carbons (Fsp3) is 0. The van der Waals surface area contributed by atoms with Crippen LogP contribution in [0.25, 0.3) is 11.0 Å². The molecule has 24 heavy (non-hydrogen) atoms. The lowest BCUT2D eigenvalue weighted by molar-refractivity contribution is 0.261. The average molecular weight is 342 g/mol. The van der Waals surface area contributed by atoms with Crippen LogP contribution in [0, 0.1) is 29.1 Å². The van der Waals surface area contributed by atoms with Crippen LogP contribution >= 0.6 is 0 Å². The van der Waals surface area contributed by atoms with E-state index in [0.717, 1.165) is 0 Å². The van der Waals surface area contributed by atoms with Crippen molar-refractivity contribution in [2.75, 3.05) is 10.6 Å². The van der Waals surface area contributed by atoms with E-state index in [-0.39, 0.29) is 5.69 Å². The summed E-state index contributed by atoms with van der Waals surface area (Å²) in [7, 11) is 0. The Morgan fingerprint density at radius 2 is 1.54 bits per heavy atom. The third-order valence-corrected chi connectivity index (χ3v) is 3.15. The Labute approximate surface area is 130 Å². The van der Waals surface area contributed by atoms with Crippen molar-refractivity contribution in [2.24, 2.45) is 0 Å². The minimum Gasteiger partial charge on any atom is -0.345 e. The van der Waals surface area contributed by atoms with Gasteiger partial charge in [-0.15, -0.1) is 0 Å². The van der Waals surface area contributed by atoms with Crippen LogP contribution in [0.3, 0.4) is 0 Å². The number of rotatable bonds is 2. The van der Waals surface area contributed by atoms with Crippen molar-refractivity contribution in [1.82, 2.24) is 9.97 Å². The molecule has 1 aromatic heterocycles. The smallest absolute Gasteiger partial charge is 0.323 e. The van der Waals surface area contributed by atoms with Gasteiger partial charge in [-0.25, -0.2) is 31.7 Å². The molecule has 0 atom stereocenters. The third kappa shape index (κ3) is 2.51. The standard InChI is InChI=1S/C14H7F5N4O/c15-7-8(16)10(18)13(11(19)9(7)17)23-14(24)22-6-3-1-2-5-12(6)21-4-20-5/h1-4H,(H,20,21)(H2,22,23,24). The molecule has 0 aliphatic rings. The molecule has 1 heterocycles. The zero-order chi connectivity index (χ0) is 17.4. The van der Waals surface area contributed by atoms with Crippen molar-refractivity contribution in [3.05, 3.63) is 53.6 Å². The fourth-order valence-corrected chi connectivity index (χ4v) is 2.05. The second kappa shape index (κ2) is 5.80. The maximum Gasteiger partial charge on any atom is 0.323 e. The quantitative estimate of drug-likeness (QED) is 0.375. The second-order valence-corrected chi connectivity index (χ2v) is 4.63. The number of urea groups is 1. The Morgan fingerprint density at radius 1 is 0.917 bits per heavy atom. The van der Waals surface area contributed by atoms with Gasteiger partial charge in [-0.3, -0.25) is 0 Å². The predicted molar refractivity (Wildman–Crippen MR) is 75.0 cm³/mol. The van der Waals surface area contributed by atoms with Gasteiger partial charge in [0.1, 0.15) is 11.2 Å². The van der Waals surface area contributed by atoms with Crippen molar-refractivity contribution < 1.29 is 26.7 Å². The molecule has 2 amide bonds. The molecule has 124 valence electrons. The van der Waals surface area contributed by atoms with E-state index in [2.05, 4.69) is 15.3 Å². The number of aromatic amines is 1. The maximum absolute atomic E-state index is 13.5. The van der Waals surface area contributed by atoms with Gasteiger partial charge in [-0.05, 0) is 12.1 Å². The van der Waals surface area contributed by atoms with Gasteiger partial charge in [0.05, 0.1) is 17.5 Å². The molecule has 0 aliphatic carbocycles. The molecular weight excluding hydrogens is 335 g/mol. The Hall–Kier alpha value is -3.17. The minimum absolute atomic E-state index is 0.176. The van der Waals surface area contributed by atoms with Crippen LogP contribution in [0.1, 0.15) is 0 Å². The maximum atomic E-state index is 13.5. The van der Waals surface area contributed by atoms with Gasteiger partial charge >= 0.3 is 6.03 Å². The number of hydrogen-bond donors (Lipinski definition) is 3. The van der Waals surface area contributed by atoms with Gasteiger partial charge in [0.15, 0.2) is 23.3 Å². The van der Waals surface area contributed by atoms with E-state index in [4.69, 9.17) is 0 Å². The molecule has 5 nitrogen and oxygen atoms in total. The number of halogens is 5. The van der Waals surface area contributed by atoms with Crippen LogP contribution in [0.5, 0.6) is 0 Å². The number of nitrogens with zero attached hydrogens (tertiary/aromatic N) is 1. The van der Waals surface area contributed by atoms with Crippen molar-refractivity contribution in [1.29, 1.82) is 0 Å². The van der Waals surface area contributed by atoms with E-state index in [1.54, 1.807) is 17.4 Å². The average Bonchev–Trinajstić information content (AvgIpc) is 3.05. The Bertz CT molecular complexity index is 927. The fourth-order valence-electron chi connectivity index (χ4n) is 2.05. The van der Waals surface area contributed by atoms with Crippen LogP contribution < -0.4 is 10.6 Å². The largest absolute Gasteiger partial charge is 0.345 e. The van der Waals surface area contributed by atoms with Crippen LogP contribution in [-0.2, 0) is 0 Å².